The Hall–Kier alpha value is -1.71. The van der Waals surface area contributed by atoms with Crippen molar-refractivity contribution in [2.45, 2.75) is 19.9 Å². The molecule has 0 aromatic heterocycles. The van der Waals surface area contributed by atoms with E-state index in [4.69, 9.17) is 23.2 Å². The highest BCUT2D eigenvalue weighted by Crippen LogP contribution is 2.25. The Balaban J connectivity index is 2.00. The summed E-state index contributed by atoms with van der Waals surface area (Å²) in [7, 11) is 0. The molecule has 0 spiro atoms. The molecule has 5 heteroatoms. The zero-order chi connectivity index (χ0) is 15.4. The molecule has 2 aromatic rings. The molecule has 0 unspecified atom stereocenters. The number of aryl methyl sites for hydroxylation is 1. The maximum atomic E-state index is 12.2. The van der Waals surface area contributed by atoms with Crippen molar-refractivity contribution in [3.63, 3.8) is 0 Å². The standard InChI is InChI=1S/C16H16Cl2N2O/c1-10-3-6-13(7-4-10)19-11(2)16(21)20-15-8-5-12(17)9-14(15)18/h3-9,11,19H,1-2H3,(H,20,21)/t11-/m1/s1. The van der Waals surface area contributed by atoms with Crippen LogP contribution in [0.4, 0.5) is 11.4 Å². The first kappa shape index (κ1) is 15.7. The van der Waals surface area contributed by atoms with Gasteiger partial charge in [0.05, 0.1) is 10.7 Å². The molecule has 1 amide bonds. The van der Waals surface area contributed by atoms with Crippen molar-refractivity contribution >= 4 is 40.5 Å². The molecule has 0 radical (unpaired) electrons. The van der Waals surface area contributed by atoms with Crippen molar-refractivity contribution in [1.29, 1.82) is 0 Å². The molecule has 0 aliphatic rings. The zero-order valence-electron chi connectivity index (χ0n) is 11.8. The minimum Gasteiger partial charge on any atom is -0.374 e. The molecule has 2 aromatic carbocycles. The van der Waals surface area contributed by atoms with Crippen molar-refractivity contribution in [2.75, 3.05) is 10.6 Å². The van der Waals surface area contributed by atoms with E-state index in [0.29, 0.717) is 15.7 Å². The second-order valence-corrected chi connectivity index (χ2v) is 5.69. The first-order chi connectivity index (χ1) is 9.95. The van der Waals surface area contributed by atoms with E-state index in [1.165, 1.54) is 5.56 Å². The molecule has 110 valence electrons. The van der Waals surface area contributed by atoms with Crippen molar-refractivity contribution in [2.24, 2.45) is 0 Å². The Morgan fingerprint density at radius 3 is 2.38 bits per heavy atom. The van der Waals surface area contributed by atoms with Crippen LogP contribution in [0, 0.1) is 6.92 Å². The van der Waals surface area contributed by atoms with Crippen LogP contribution >= 0.6 is 23.2 Å². The highest BCUT2D eigenvalue weighted by atomic mass is 35.5. The predicted octanol–water partition coefficient (Wildman–Crippen LogP) is 4.74. The zero-order valence-corrected chi connectivity index (χ0v) is 13.3. The lowest BCUT2D eigenvalue weighted by molar-refractivity contribution is -0.116. The fourth-order valence-corrected chi connectivity index (χ4v) is 2.25. The Morgan fingerprint density at radius 1 is 1.10 bits per heavy atom. The average molecular weight is 323 g/mol. The molecule has 0 saturated heterocycles. The monoisotopic (exact) mass is 322 g/mol. The van der Waals surface area contributed by atoms with Gasteiger partial charge in [-0.25, -0.2) is 0 Å². The van der Waals surface area contributed by atoms with Crippen molar-refractivity contribution in [3.05, 3.63) is 58.1 Å². The van der Waals surface area contributed by atoms with Gasteiger partial charge in [-0.1, -0.05) is 40.9 Å². The lowest BCUT2D eigenvalue weighted by atomic mass is 10.2. The number of nitrogens with one attached hydrogen (secondary N) is 2. The summed E-state index contributed by atoms with van der Waals surface area (Å²) in [6.45, 7) is 3.81. The number of carbonyl (C=O) groups excluding carboxylic acids is 1. The van der Waals surface area contributed by atoms with Gasteiger partial charge in [0.25, 0.3) is 0 Å². The summed E-state index contributed by atoms with van der Waals surface area (Å²) in [5, 5.41) is 6.86. The van der Waals surface area contributed by atoms with Crippen LogP contribution in [-0.4, -0.2) is 11.9 Å². The van der Waals surface area contributed by atoms with E-state index < -0.39 is 0 Å². The Morgan fingerprint density at radius 2 is 1.76 bits per heavy atom. The lowest BCUT2D eigenvalue weighted by Gasteiger charge is -2.16. The molecule has 2 rings (SSSR count). The van der Waals surface area contributed by atoms with E-state index in [1.807, 2.05) is 31.2 Å². The molecule has 21 heavy (non-hydrogen) atoms. The van der Waals surface area contributed by atoms with Crippen molar-refractivity contribution in [1.82, 2.24) is 0 Å². The number of rotatable bonds is 4. The molecule has 0 fully saturated rings. The van der Waals surface area contributed by atoms with Gasteiger partial charge in [-0.15, -0.1) is 0 Å². The van der Waals surface area contributed by atoms with Crippen LogP contribution in [-0.2, 0) is 4.79 Å². The molecular formula is C16H16Cl2N2O. The van der Waals surface area contributed by atoms with Crippen LogP contribution in [0.15, 0.2) is 42.5 Å². The largest absolute Gasteiger partial charge is 0.374 e. The highest BCUT2D eigenvalue weighted by Gasteiger charge is 2.14. The fourth-order valence-electron chi connectivity index (χ4n) is 1.80. The van der Waals surface area contributed by atoms with Crippen LogP contribution in [0.1, 0.15) is 12.5 Å². The number of halogens is 2. The number of hydrogen-bond donors (Lipinski definition) is 2. The SMILES string of the molecule is Cc1ccc(N[C@H](C)C(=O)Nc2ccc(Cl)cc2Cl)cc1. The van der Waals surface area contributed by atoms with Gasteiger partial charge < -0.3 is 10.6 Å². The highest BCUT2D eigenvalue weighted by molar-refractivity contribution is 6.36. The van der Waals surface area contributed by atoms with Crippen molar-refractivity contribution < 1.29 is 4.79 Å². The maximum Gasteiger partial charge on any atom is 0.246 e. The Kier molecular flexibility index (Phi) is 5.10. The van der Waals surface area contributed by atoms with Crippen molar-refractivity contribution in [3.8, 4) is 0 Å². The predicted molar refractivity (Wildman–Crippen MR) is 89.4 cm³/mol. The number of benzene rings is 2. The van der Waals surface area contributed by atoms with Gasteiger partial charge in [-0.2, -0.15) is 0 Å². The molecule has 3 nitrogen and oxygen atoms in total. The minimum absolute atomic E-state index is 0.167. The smallest absolute Gasteiger partial charge is 0.246 e. The minimum atomic E-state index is -0.389. The topological polar surface area (TPSA) is 41.1 Å². The summed E-state index contributed by atoms with van der Waals surface area (Å²) < 4.78 is 0. The van der Waals surface area contributed by atoms with Crippen LogP contribution < -0.4 is 10.6 Å². The van der Waals surface area contributed by atoms with Crippen LogP contribution in [0.25, 0.3) is 0 Å². The van der Waals surface area contributed by atoms with Gasteiger partial charge in [0.2, 0.25) is 5.91 Å². The molecular weight excluding hydrogens is 307 g/mol. The second-order valence-electron chi connectivity index (χ2n) is 4.85. The number of hydrogen-bond acceptors (Lipinski definition) is 2. The summed E-state index contributed by atoms with van der Waals surface area (Å²) in [5.74, 6) is -0.167. The number of anilines is 2. The van der Waals surface area contributed by atoms with Gasteiger partial charge in [0, 0.05) is 10.7 Å². The number of carbonyl (C=O) groups is 1. The molecule has 0 heterocycles. The van der Waals surface area contributed by atoms with Gasteiger partial charge in [-0.05, 0) is 44.2 Å². The van der Waals surface area contributed by atoms with Crippen LogP contribution in [0.3, 0.4) is 0 Å². The third-order valence-electron chi connectivity index (χ3n) is 3.02. The van der Waals surface area contributed by atoms with Crippen LogP contribution in [0.5, 0.6) is 0 Å². The third-order valence-corrected chi connectivity index (χ3v) is 3.56. The lowest BCUT2D eigenvalue weighted by Crippen LogP contribution is -2.31. The third kappa shape index (κ3) is 4.38. The Bertz CT molecular complexity index is 641. The maximum absolute atomic E-state index is 12.2. The number of amides is 1. The second kappa shape index (κ2) is 6.83. The first-order valence-electron chi connectivity index (χ1n) is 6.55. The normalized spacial score (nSPS) is 11.8. The average Bonchev–Trinajstić information content (AvgIpc) is 2.44. The fraction of sp³-hybridized carbons (Fsp3) is 0.188. The van der Waals surface area contributed by atoms with E-state index in [-0.39, 0.29) is 11.9 Å². The summed E-state index contributed by atoms with van der Waals surface area (Å²) in [4.78, 5) is 12.2. The summed E-state index contributed by atoms with van der Waals surface area (Å²) in [6, 6.07) is 12.4. The van der Waals surface area contributed by atoms with E-state index >= 15 is 0 Å². The molecule has 0 saturated carbocycles. The molecule has 0 aliphatic carbocycles. The van der Waals surface area contributed by atoms with Gasteiger partial charge >= 0.3 is 0 Å². The van der Waals surface area contributed by atoms with Crippen LogP contribution in [0.2, 0.25) is 10.0 Å². The van der Waals surface area contributed by atoms with E-state index in [1.54, 1.807) is 25.1 Å². The van der Waals surface area contributed by atoms with Gasteiger partial charge in [-0.3, -0.25) is 4.79 Å². The summed E-state index contributed by atoms with van der Waals surface area (Å²) in [6.07, 6.45) is 0. The van der Waals surface area contributed by atoms with E-state index in [9.17, 15) is 4.79 Å². The quantitative estimate of drug-likeness (QED) is 0.853. The molecule has 1 atom stereocenters. The Labute approximate surface area is 134 Å². The summed E-state index contributed by atoms with van der Waals surface area (Å²) >= 11 is 11.9. The first-order valence-corrected chi connectivity index (χ1v) is 7.30. The molecule has 0 bridgehead atoms. The molecule has 2 N–H and O–H groups in total. The van der Waals surface area contributed by atoms with E-state index in [2.05, 4.69) is 10.6 Å². The summed E-state index contributed by atoms with van der Waals surface area (Å²) in [5.41, 5.74) is 2.61. The molecule has 0 aliphatic heterocycles. The van der Waals surface area contributed by atoms with E-state index in [0.717, 1.165) is 5.69 Å². The van der Waals surface area contributed by atoms with Gasteiger partial charge in [0.15, 0.2) is 0 Å². The van der Waals surface area contributed by atoms with Gasteiger partial charge in [0.1, 0.15) is 6.04 Å².